The highest BCUT2D eigenvalue weighted by molar-refractivity contribution is 6.31. The smallest absolute Gasteiger partial charge is 0.266 e. The predicted octanol–water partition coefficient (Wildman–Crippen LogP) is 3.19. The quantitative estimate of drug-likeness (QED) is 0.743. The van der Waals surface area contributed by atoms with Gasteiger partial charge in [-0.2, -0.15) is 5.26 Å². The van der Waals surface area contributed by atoms with Gasteiger partial charge in [-0.15, -0.1) is 0 Å². The van der Waals surface area contributed by atoms with Gasteiger partial charge in [-0.3, -0.25) is 4.79 Å². The summed E-state index contributed by atoms with van der Waals surface area (Å²) in [5.41, 5.74) is 2.65. The first-order valence-electron chi connectivity index (χ1n) is 7.23. The molecule has 1 aromatic heterocycles. The van der Waals surface area contributed by atoms with Crippen molar-refractivity contribution < 1.29 is 9.36 Å². The van der Waals surface area contributed by atoms with Gasteiger partial charge in [-0.05, 0) is 30.3 Å². The van der Waals surface area contributed by atoms with Gasteiger partial charge in [0.05, 0.1) is 17.5 Å². The van der Waals surface area contributed by atoms with Crippen LogP contribution in [0.4, 0.5) is 5.69 Å². The third-order valence-electron chi connectivity index (χ3n) is 3.62. The van der Waals surface area contributed by atoms with Crippen LogP contribution < -0.4 is 9.88 Å². The molecule has 118 valence electrons. The topological polar surface area (TPSA) is 61.7 Å². The van der Waals surface area contributed by atoms with Crippen molar-refractivity contribution in [3.8, 4) is 6.07 Å². The summed E-state index contributed by atoms with van der Waals surface area (Å²) in [5.74, 6) is -0.245. The van der Waals surface area contributed by atoms with E-state index in [1.165, 1.54) is 0 Å². The van der Waals surface area contributed by atoms with Crippen LogP contribution >= 0.6 is 11.6 Å². The average molecular weight is 338 g/mol. The third kappa shape index (κ3) is 3.00. The van der Waals surface area contributed by atoms with Crippen LogP contribution in [0, 0.1) is 11.3 Å². The van der Waals surface area contributed by atoms with Gasteiger partial charge in [0.25, 0.3) is 5.91 Å². The lowest BCUT2D eigenvalue weighted by atomic mass is 10.2. The number of benzene rings is 2. The second-order valence-corrected chi connectivity index (χ2v) is 5.61. The normalized spacial score (nSPS) is 10.3. The molecule has 0 unspecified atom stereocenters. The Balaban J connectivity index is 1.88. The van der Waals surface area contributed by atoms with Crippen molar-refractivity contribution in [3.05, 3.63) is 66.0 Å². The molecule has 2 aromatic carbocycles. The van der Waals surface area contributed by atoms with Crippen LogP contribution in [-0.4, -0.2) is 10.5 Å². The number of aromatic nitrogens is 2. The zero-order chi connectivity index (χ0) is 17.1. The van der Waals surface area contributed by atoms with Gasteiger partial charge in [-0.1, -0.05) is 30.3 Å². The van der Waals surface area contributed by atoms with Gasteiger partial charge in [0.2, 0.25) is 6.33 Å². The van der Waals surface area contributed by atoms with Gasteiger partial charge in [0.1, 0.15) is 6.07 Å². The number of hydrogen-bond donors (Lipinski definition) is 1. The number of para-hydroxylation sites is 2. The predicted molar refractivity (Wildman–Crippen MR) is 93.3 cm³/mol. The van der Waals surface area contributed by atoms with Gasteiger partial charge in [-0.25, -0.2) is 9.13 Å². The van der Waals surface area contributed by atoms with E-state index in [1.807, 2.05) is 39.5 Å². The number of carbonyl (C=O) groups is 1. The van der Waals surface area contributed by atoms with Crippen LogP contribution in [0.3, 0.4) is 0 Å². The lowest BCUT2D eigenvalue weighted by Crippen LogP contribution is -2.39. The second-order valence-electron chi connectivity index (χ2n) is 5.17. The summed E-state index contributed by atoms with van der Waals surface area (Å²) < 4.78 is 3.67. The molecule has 1 amide bonds. The second kappa shape index (κ2) is 6.57. The Hall–Kier alpha value is -3.10. The number of carbonyl (C=O) groups excluding carboxylic acids is 1. The fourth-order valence-corrected chi connectivity index (χ4v) is 2.71. The minimum Gasteiger partial charge on any atom is -0.321 e. The molecular weight excluding hydrogens is 324 g/mol. The number of halogens is 1. The first kappa shape index (κ1) is 15.8. The lowest BCUT2D eigenvalue weighted by Gasteiger charge is -2.06. The molecule has 3 rings (SSSR count). The SMILES string of the molecule is C=Cn1c[n+](CC(=O)Nc2cc(Cl)ccc2C#N)c2ccccc21. The molecule has 24 heavy (non-hydrogen) atoms. The van der Waals surface area contributed by atoms with Crippen LogP contribution in [0.5, 0.6) is 0 Å². The van der Waals surface area contributed by atoms with E-state index in [0.717, 1.165) is 11.0 Å². The number of rotatable bonds is 4. The van der Waals surface area contributed by atoms with E-state index in [4.69, 9.17) is 16.9 Å². The summed E-state index contributed by atoms with van der Waals surface area (Å²) in [4.78, 5) is 12.4. The summed E-state index contributed by atoms with van der Waals surface area (Å²) in [6, 6.07) is 14.5. The number of hydrogen-bond acceptors (Lipinski definition) is 2. The van der Waals surface area contributed by atoms with E-state index in [1.54, 1.807) is 30.7 Å². The number of nitriles is 1. The van der Waals surface area contributed by atoms with E-state index < -0.39 is 0 Å². The molecule has 1 N–H and O–H groups in total. The van der Waals surface area contributed by atoms with Gasteiger partial charge in [0, 0.05) is 5.02 Å². The Labute approximate surface area is 144 Å². The summed E-state index contributed by atoms with van der Waals surface area (Å²) in [5, 5.41) is 12.3. The van der Waals surface area contributed by atoms with Crippen LogP contribution in [0.2, 0.25) is 5.02 Å². The molecule has 0 fully saturated rings. The van der Waals surface area contributed by atoms with E-state index in [2.05, 4.69) is 11.9 Å². The van der Waals surface area contributed by atoms with Crippen molar-refractivity contribution in [3.63, 3.8) is 0 Å². The highest BCUT2D eigenvalue weighted by atomic mass is 35.5. The first-order chi connectivity index (χ1) is 11.6. The number of amides is 1. The number of anilines is 1. The summed E-state index contributed by atoms with van der Waals surface area (Å²) in [6.07, 6.45) is 3.49. The number of nitrogens with one attached hydrogen (secondary N) is 1. The molecule has 0 saturated carbocycles. The van der Waals surface area contributed by atoms with Crippen LogP contribution in [0.15, 0.2) is 55.4 Å². The first-order valence-corrected chi connectivity index (χ1v) is 7.61. The van der Waals surface area contributed by atoms with E-state index >= 15 is 0 Å². The van der Waals surface area contributed by atoms with Crippen molar-refractivity contribution >= 4 is 40.4 Å². The summed E-state index contributed by atoms with van der Waals surface area (Å²) in [7, 11) is 0. The molecule has 0 radical (unpaired) electrons. The minimum atomic E-state index is -0.245. The molecule has 6 heteroatoms. The Morgan fingerprint density at radius 1 is 1.38 bits per heavy atom. The van der Waals surface area contributed by atoms with E-state index in [0.29, 0.717) is 16.3 Å². The Kier molecular flexibility index (Phi) is 4.32. The minimum absolute atomic E-state index is 0.110. The van der Waals surface area contributed by atoms with Crippen molar-refractivity contribution in [2.24, 2.45) is 0 Å². The Bertz CT molecular complexity index is 984. The van der Waals surface area contributed by atoms with Crippen molar-refractivity contribution in [1.82, 2.24) is 4.57 Å². The largest absolute Gasteiger partial charge is 0.321 e. The zero-order valence-electron chi connectivity index (χ0n) is 12.7. The Morgan fingerprint density at radius 2 is 2.17 bits per heavy atom. The van der Waals surface area contributed by atoms with Crippen LogP contribution in [0.25, 0.3) is 17.2 Å². The molecule has 0 aliphatic rings. The van der Waals surface area contributed by atoms with E-state index in [-0.39, 0.29) is 12.5 Å². The molecule has 3 aromatic rings. The monoisotopic (exact) mass is 337 g/mol. The fourth-order valence-electron chi connectivity index (χ4n) is 2.53. The molecule has 5 nitrogen and oxygen atoms in total. The van der Waals surface area contributed by atoms with Crippen molar-refractivity contribution in [1.29, 1.82) is 5.26 Å². The standard InChI is InChI=1S/C18H13ClN4O/c1-2-22-12-23(17-6-4-3-5-16(17)22)11-18(24)21-15-9-14(19)8-7-13(15)10-20/h2-9,12H,1,11H2/p+1. The van der Waals surface area contributed by atoms with E-state index in [9.17, 15) is 4.79 Å². The maximum Gasteiger partial charge on any atom is 0.266 e. The Morgan fingerprint density at radius 3 is 2.92 bits per heavy atom. The van der Waals surface area contributed by atoms with Crippen molar-refractivity contribution in [2.45, 2.75) is 6.54 Å². The molecular formula is C18H14ClN4O+. The van der Waals surface area contributed by atoms with Gasteiger partial charge < -0.3 is 5.32 Å². The maximum atomic E-state index is 12.4. The summed E-state index contributed by atoms with van der Waals surface area (Å²) in [6.45, 7) is 3.88. The van der Waals surface area contributed by atoms with Gasteiger partial charge >= 0.3 is 0 Å². The lowest BCUT2D eigenvalue weighted by molar-refractivity contribution is -0.658. The van der Waals surface area contributed by atoms with Crippen molar-refractivity contribution in [2.75, 3.05) is 5.32 Å². The van der Waals surface area contributed by atoms with Crippen LogP contribution in [-0.2, 0) is 11.3 Å². The highest BCUT2D eigenvalue weighted by Crippen LogP contribution is 2.20. The number of imidazole rings is 1. The highest BCUT2D eigenvalue weighted by Gasteiger charge is 2.17. The average Bonchev–Trinajstić information content (AvgIpc) is 2.93. The third-order valence-corrected chi connectivity index (χ3v) is 3.86. The maximum absolute atomic E-state index is 12.4. The number of nitrogens with zero attached hydrogens (tertiary/aromatic N) is 3. The molecule has 0 spiro atoms. The fraction of sp³-hybridized carbons (Fsp3) is 0.0556. The summed E-state index contributed by atoms with van der Waals surface area (Å²) >= 11 is 5.94. The molecule has 0 aliphatic carbocycles. The zero-order valence-corrected chi connectivity index (χ0v) is 13.5. The van der Waals surface area contributed by atoms with Gasteiger partial charge in [0.15, 0.2) is 17.6 Å². The molecule has 0 atom stereocenters. The molecule has 0 aliphatic heterocycles. The molecule has 1 heterocycles. The molecule has 0 bridgehead atoms. The molecule has 0 saturated heterocycles. The number of fused-ring (bicyclic) bond motifs is 1. The van der Waals surface area contributed by atoms with Crippen LogP contribution in [0.1, 0.15) is 5.56 Å².